The van der Waals surface area contributed by atoms with Crippen molar-refractivity contribution >= 4 is 37.0 Å². The topological polar surface area (TPSA) is 221 Å². The average Bonchev–Trinajstić information content (AvgIpc) is 3.54. The van der Waals surface area contributed by atoms with Crippen LogP contribution in [0.3, 0.4) is 0 Å². The molecule has 2 aliphatic heterocycles. The number of aromatic nitrogens is 2. The first-order valence-electron chi connectivity index (χ1n) is 10.8. The third kappa shape index (κ3) is 4.39. The predicted octanol–water partition coefficient (Wildman–Crippen LogP) is -1.48. The molecule has 1 atom stereocenters. The van der Waals surface area contributed by atoms with Crippen molar-refractivity contribution in [2.24, 2.45) is 5.14 Å². The van der Waals surface area contributed by atoms with Crippen molar-refractivity contribution in [2.45, 2.75) is 35.3 Å². The van der Waals surface area contributed by atoms with E-state index in [4.69, 9.17) is 10.9 Å². The number of fused-ring (bicyclic) bond motifs is 1. The number of rotatable bonds is 6. The molecular weight excluding hydrogens is 496 g/mol. The van der Waals surface area contributed by atoms with E-state index in [-0.39, 0.29) is 17.6 Å². The van der Waals surface area contributed by atoms with Crippen molar-refractivity contribution in [1.82, 2.24) is 41.9 Å². The minimum atomic E-state index is -4.53. The Morgan fingerprint density at radius 2 is 1.77 bits per heavy atom. The molecule has 188 valence electrons. The molecule has 5 rings (SSSR count). The summed E-state index contributed by atoms with van der Waals surface area (Å²) >= 11 is 0. The van der Waals surface area contributed by atoms with Crippen LogP contribution in [-0.4, -0.2) is 45.9 Å². The normalized spacial score (nSPS) is 19.7. The monoisotopic (exact) mass is 522 g/mol. The number of hydrazine groups is 3. The number of sulfonamides is 2. The van der Waals surface area contributed by atoms with E-state index in [2.05, 4.69) is 41.9 Å². The van der Waals surface area contributed by atoms with E-state index in [1.165, 1.54) is 6.07 Å². The van der Waals surface area contributed by atoms with Crippen LogP contribution in [0.15, 0.2) is 34.1 Å². The molecule has 14 nitrogen and oxygen atoms in total. The molecule has 3 aromatic rings. The van der Waals surface area contributed by atoms with Crippen molar-refractivity contribution < 1.29 is 16.8 Å². The Bertz CT molecular complexity index is 1510. The molecular formula is C19H26N10O4S2. The van der Waals surface area contributed by atoms with Gasteiger partial charge in [0.25, 0.3) is 0 Å². The zero-order valence-electron chi connectivity index (χ0n) is 18.6. The SMILES string of the molecule is Cc1ccc(-c2ccc(S(=O)(=O)N[C@@H]3CCNC3)c(S(N)(=O)=O)c2C2NNNN2)c2[nH]c(N)nc12. The van der Waals surface area contributed by atoms with Gasteiger partial charge in [0, 0.05) is 23.7 Å². The zero-order chi connectivity index (χ0) is 25.0. The van der Waals surface area contributed by atoms with Crippen LogP contribution in [0.4, 0.5) is 5.95 Å². The number of aromatic amines is 1. The van der Waals surface area contributed by atoms with Crippen molar-refractivity contribution in [3.05, 3.63) is 35.4 Å². The first-order valence-corrected chi connectivity index (χ1v) is 13.8. The van der Waals surface area contributed by atoms with Crippen molar-refractivity contribution in [3.63, 3.8) is 0 Å². The molecule has 0 spiro atoms. The molecule has 0 saturated carbocycles. The molecule has 35 heavy (non-hydrogen) atoms. The van der Waals surface area contributed by atoms with Gasteiger partial charge < -0.3 is 16.0 Å². The molecule has 0 aliphatic carbocycles. The molecule has 3 heterocycles. The molecule has 0 bridgehead atoms. The maximum atomic E-state index is 13.4. The summed E-state index contributed by atoms with van der Waals surface area (Å²) in [6.07, 6.45) is -0.282. The highest BCUT2D eigenvalue weighted by molar-refractivity contribution is 7.92. The van der Waals surface area contributed by atoms with E-state index in [0.717, 1.165) is 5.56 Å². The molecule has 11 N–H and O–H groups in total. The van der Waals surface area contributed by atoms with Crippen molar-refractivity contribution in [3.8, 4) is 11.1 Å². The first-order chi connectivity index (χ1) is 16.6. The van der Waals surface area contributed by atoms with Crippen molar-refractivity contribution in [1.29, 1.82) is 0 Å². The molecule has 0 amide bonds. The number of hydrogen-bond donors (Lipinski definition) is 9. The number of primary sulfonamides is 1. The summed E-state index contributed by atoms with van der Waals surface area (Å²) in [7, 11) is -8.77. The molecule has 1 aromatic heterocycles. The van der Waals surface area contributed by atoms with Gasteiger partial charge in [0.2, 0.25) is 20.0 Å². The van der Waals surface area contributed by atoms with Gasteiger partial charge in [0.05, 0.1) is 11.0 Å². The number of nitrogens with two attached hydrogens (primary N) is 2. The second kappa shape index (κ2) is 8.77. The van der Waals surface area contributed by atoms with E-state index < -0.39 is 36.0 Å². The van der Waals surface area contributed by atoms with Crippen LogP contribution >= 0.6 is 0 Å². The Kier molecular flexibility index (Phi) is 6.02. The van der Waals surface area contributed by atoms with E-state index in [9.17, 15) is 16.8 Å². The first kappa shape index (κ1) is 24.0. The number of nitrogens with one attached hydrogen (secondary N) is 7. The molecule has 2 aromatic carbocycles. The smallest absolute Gasteiger partial charge is 0.242 e. The van der Waals surface area contributed by atoms with E-state index in [1.807, 2.05) is 13.0 Å². The van der Waals surface area contributed by atoms with Gasteiger partial charge >= 0.3 is 0 Å². The summed E-state index contributed by atoms with van der Waals surface area (Å²) in [4.78, 5) is 6.38. The van der Waals surface area contributed by atoms with Gasteiger partial charge in [-0.25, -0.2) is 42.5 Å². The Morgan fingerprint density at radius 1 is 1.06 bits per heavy atom. The Labute approximate surface area is 201 Å². The predicted molar refractivity (Wildman–Crippen MR) is 129 cm³/mol. The summed E-state index contributed by atoms with van der Waals surface area (Å²) in [5.41, 5.74) is 20.0. The standard InChI is InChI=1S/C19H26N10O4S2/c1-9-2-3-12(16-15(9)23-19(20)24-16)11-4-5-13(35(32,33)27-10-6-7-22-8-10)17(34(21,30)31)14(11)18-25-28-29-26-18/h2-5,10,18,22,25-29H,6-8H2,1H3,(H3,20,23,24)(H2,21,30,31)/t10-/m1/s1. The third-order valence-corrected chi connectivity index (χ3v) is 8.76. The van der Waals surface area contributed by atoms with E-state index in [0.29, 0.717) is 41.7 Å². The van der Waals surface area contributed by atoms with Crippen LogP contribution in [0.5, 0.6) is 0 Å². The lowest BCUT2D eigenvalue weighted by Crippen LogP contribution is -2.38. The van der Waals surface area contributed by atoms with Gasteiger partial charge in [-0.1, -0.05) is 18.2 Å². The lowest BCUT2D eigenvalue weighted by molar-refractivity contribution is 0.530. The zero-order valence-corrected chi connectivity index (χ0v) is 20.3. The van der Waals surface area contributed by atoms with Gasteiger partial charge in [0.15, 0.2) is 5.95 Å². The van der Waals surface area contributed by atoms with Crippen LogP contribution in [-0.2, 0) is 20.0 Å². The van der Waals surface area contributed by atoms with Crippen LogP contribution < -0.4 is 42.8 Å². The van der Waals surface area contributed by atoms with Crippen LogP contribution in [0.2, 0.25) is 0 Å². The molecule has 0 unspecified atom stereocenters. The van der Waals surface area contributed by atoms with Gasteiger partial charge in [-0.15, -0.1) is 0 Å². The van der Waals surface area contributed by atoms with Gasteiger partial charge in [-0.2, -0.15) is 11.1 Å². The van der Waals surface area contributed by atoms with Crippen LogP contribution in [0.25, 0.3) is 22.2 Å². The fourth-order valence-electron chi connectivity index (χ4n) is 4.51. The Hall–Kier alpha value is -2.67. The lowest BCUT2D eigenvalue weighted by Gasteiger charge is -2.22. The minimum Gasteiger partial charge on any atom is -0.369 e. The van der Waals surface area contributed by atoms with Gasteiger partial charge in [-0.05, 0) is 37.1 Å². The number of anilines is 1. The molecule has 16 heteroatoms. The molecule has 2 saturated heterocycles. The summed E-state index contributed by atoms with van der Waals surface area (Å²) in [5.74, 6) is 0.192. The maximum Gasteiger partial charge on any atom is 0.242 e. The second-order valence-electron chi connectivity index (χ2n) is 8.46. The number of nitrogen functional groups attached to an aromatic ring is 1. The highest BCUT2D eigenvalue weighted by Crippen LogP contribution is 2.39. The number of benzene rings is 2. The van der Waals surface area contributed by atoms with Crippen molar-refractivity contribution in [2.75, 3.05) is 18.8 Å². The number of imidazole rings is 1. The molecule has 0 radical (unpaired) electrons. The lowest BCUT2D eigenvalue weighted by atomic mass is 9.95. The quantitative estimate of drug-likeness (QED) is 0.182. The fourth-order valence-corrected chi connectivity index (χ4v) is 7.44. The number of H-pyrrole nitrogens is 1. The average molecular weight is 523 g/mol. The third-order valence-electron chi connectivity index (χ3n) is 6.06. The van der Waals surface area contributed by atoms with Gasteiger partial charge in [-0.3, -0.25) is 0 Å². The van der Waals surface area contributed by atoms with E-state index >= 15 is 0 Å². The highest BCUT2D eigenvalue weighted by Gasteiger charge is 2.35. The Morgan fingerprint density at radius 3 is 2.43 bits per heavy atom. The maximum absolute atomic E-state index is 13.4. The number of nitrogens with zero attached hydrogens (tertiary/aromatic N) is 1. The summed E-state index contributed by atoms with van der Waals surface area (Å²) in [6.45, 7) is 2.97. The number of hydrogen-bond acceptors (Lipinski definition) is 11. The molecule has 2 aliphatic rings. The van der Waals surface area contributed by atoms with Crippen LogP contribution in [0.1, 0.15) is 23.7 Å². The number of aryl methyl sites for hydroxylation is 1. The summed E-state index contributed by atoms with van der Waals surface area (Å²) in [6, 6.07) is 6.04. The minimum absolute atomic E-state index is 0.107. The largest absolute Gasteiger partial charge is 0.369 e. The summed E-state index contributed by atoms with van der Waals surface area (Å²) < 4.78 is 55.2. The second-order valence-corrected chi connectivity index (χ2v) is 11.6. The van der Waals surface area contributed by atoms with E-state index in [1.54, 1.807) is 12.1 Å². The van der Waals surface area contributed by atoms with Gasteiger partial charge in [0.1, 0.15) is 16.0 Å². The fraction of sp³-hybridized carbons (Fsp3) is 0.316. The highest BCUT2D eigenvalue weighted by atomic mass is 32.2. The molecule has 2 fully saturated rings. The Balaban J connectivity index is 1.80. The summed E-state index contributed by atoms with van der Waals surface area (Å²) in [5, 5.41) is 8.73. The van der Waals surface area contributed by atoms with Crippen LogP contribution in [0, 0.1) is 6.92 Å².